The molecule has 2 aliphatic rings. The van der Waals surface area contributed by atoms with Crippen LogP contribution in [0.2, 0.25) is 0 Å². The van der Waals surface area contributed by atoms with Gasteiger partial charge in [-0.25, -0.2) is 15.1 Å². The number of hydrogen-bond acceptors (Lipinski definition) is 5. The van der Waals surface area contributed by atoms with E-state index in [1.54, 1.807) is 0 Å². The fourth-order valence-electron chi connectivity index (χ4n) is 4.93. The zero-order valence-corrected chi connectivity index (χ0v) is 19.2. The lowest BCUT2D eigenvalue weighted by Crippen LogP contribution is -2.33. The summed E-state index contributed by atoms with van der Waals surface area (Å²) in [7, 11) is 0. The number of carbonyl (C=O) groups excluding carboxylic acids is 2. The molecule has 34 heavy (non-hydrogen) atoms. The summed E-state index contributed by atoms with van der Waals surface area (Å²) in [4.78, 5) is 39.9. The Morgan fingerprint density at radius 1 is 1.00 bits per heavy atom. The Labute approximate surface area is 198 Å². The monoisotopic (exact) mass is 466 g/mol. The number of alkyl carbamates (subject to hydrolysis) is 1. The van der Waals surface area contributed by atoms with Gasteiger partial charge in [0.25, 0.3) is 0 Å². The molecule has 3 atom stereocenters. The second-order valence-corrected chi connectivity index (χ2v) is 9.08. The molecule has 0 radical (unpaired) electrons. The van der Waals surface area contributed by atoms with E-state index in [0.717, 1.165) is 19.3 Å². The predicted octanol–water partition coefficient (Wildman–Crippen LogP) is 3.85. The minimum Gasteiger partial charge on any atom is -0.479 e. The Morgan fingerprint density at radius 2 is 1.62 bits per heavy atom. The second kappa shape index (κ2) is 10.7. The standard InChI is InChI=1S/C26H30N2O6/c1-16(25(30)31)34-28-24(29)13-17-10-11-18(12-17)14-27-26(32)33-15-23-21-8-4-2-6-19(21)20-7-3-5-9-22(20)23/h2-9,16-18,23H,10-15H2,1H3,(H,27,32)(H,28,29)(H,30,31). The molecule has 4 rings (SSSR count). The average Bonchev–Trinajstić information content (AvgIpc) is 3.41. The lowest BCUT2D eigenvalue weighted by atomic mass is 9.98. The van der Waals surface area contributed by atoms with Gasteiger partial charge in [0.05, 0.1) is 0 Å². The first kappa shape index (κ1) is 23.8. The van der Waals surface area contributed by atoms with Crippen LogP contribution >= 0.6 is 0 Å². The highest BCUT2D eigenvalue weighted by Crippen LogP contribution is 2.44. The average molecular weight is 467 g/mol. The summed E-state index contributed by atoms with van der Waals surface area (Å²) in [5, 5.41) is 11.7. The van der Waals surface area contributed by atoms with Crippen LogP contribution in [-0.4, -0.2) is 42.3 Å². The highest BCUT2D eigenvalue weighted by Gasteiger charge is 2.30. The number of rotatable bonds is 9. The minimum atomic E-state index is -1.14. The first-order valence-corrected chi connectivity index (χ1v) is 11.7. The van der Waals surface area contributed by atoms with E-state index in [1.807, 2.05) is 24.3 Å². The first-order valence-electron chi connectivity index (χ1n) is 11.7. The van der Waals surface area contributed by atoms with E-state index >= 15 is 0 Å². The number of carboxylic acids is 1. The van der Waals surface area contributed by atoms with Crippen LogP contribution < -0.4 is 10.8 Å². The molecule has 8 heteroatoms. The summed E-state index contributed by atoms with van der Waals surface area (Å²) in [6.07, 6.45) is 1.34. The SMILES string of the molecule is CC(ONC(=O)CC1CCC(CNC(=O)OCC2c3ccccc3-c3ccccc32)C1)C(=O)O. The maximum absolute atomic E-state index is 12.4. The second-order valence-electron chi connectivity index (χ2n) is 9.08. The van der Waals surface area contributed by atoms with Gasteiger partial charge in [0.2, 0.25) is 5.91 Å². The molecule has 0 heterocycles. The van der Waals surface area contributed by atoms with E-state index < -0.39 is 18.2 Å². The van der Waals surface area contributed by atoms with Gasteiger partial charge in [-0.1, -0.05) is 48.5 Å². The fraction of sp³-hybridized carbons (Fsp3) is 0.423. The molecule has 2 aromatic carbocycles. The number of carboxylic acid groups (broad SMARTS) is 1. The molecule has 2 aromatic rings. The maximum atomic E-state index is 12.4. The van der Waals surface area contributed by atoms with Gasteiger partial charge in [0.1, 0.15) is 6.61 Å². The lowest BCUT2D eigenvalue weighted by molar-refractivity contribution is -0.159. The van der Waals surface area contributed by atoms with Crippen molar-refractivity contribution in [3.8, 4) is 11.1 Å². The van der Waals surface area contributed by atoms with Gasteiger partial charge in [-0.05, 0) is 60.3 Å². The topological polar surface area (TPSA) is 114 Å². The summed E-state index contributed by atoms with van der Waals surface area (Å²) < 4.78 is 5.59. The van der Waals surface area contributed by atoms with Crippen molar-refractivity contribution in [2.24, 2.45) is 11.8 Å². The molecule has 0 aliphatic heterocycles. The maximum Gasteiger partial charge on any atom is 0.407 e. The summed E-state index contributed by atoms with van der Waals surface area (Å²) in [6.45, 7) is 2.13. The third-order valence-corrected chi connectivity index (χ3v) is 6.70. The molecule has 0 bridgehead atoms. The molecule has 180 valence electrons. The zero-order valence-electron chi connectivity index (χ0n) is 19.2. The van der Waals surface area contributed by atoms with Crippen LogP contribution in [-0.2, 0) is 19.2 Å². The number of amides is 2. The van der Waals surface area contributed by atoms with E-state index in [9.17, 15) is 14.4 Å². The van der Waals surface area contributed by atoms with Gasteiger partial charge in [0.15, 0.2) is 6.10 Å². The number of fused-ring (bicyclic) bond motifs is 3. The summed E-state index contributed by atoms with van der Waals surface area (Å²) in [5.74, 6) is -0.988. The molecule has 3 N–H and O–H groups in total. The number of aliphatic carboxylic acids is 1. The molecule has 3 unspecified atom stereocenters. The van der Waals surface area contributed by atoms with Crippen molar-refractivity contribution in [1.82, 2.24) is 10.8 Å². The Bertz CT molecular complexity index is 1010. The van der Waals surface area contributed by atoms with E-state index in [4.69, 9.17) is 14.7 Å². The van der Waals surface area contributed by atoms with Crippen molar-refractivity contribution < 1.29 is 29.1 Å². The highest BCUT2D eigenvalue weighted by molar-refractivity contribution is 5.79. The molecule has 2 amide bonds. The van der Waals surface area contributed by atoms with Crippen LogP contribution in [0.3, 0.4) is 0 Å². The Morgan fingerprint density at radius 3 is 2.26 bits per heavy atom. The van der Waals surface area contributed by atoms with Crippen molar-refractivity contribution in [3.63, 3.8) is 0 Å². The number of carbonyl (C=O) groups is 3. The Hall–Kier alpha value is -3.39. The van der Waals surface area contributed by atoms with Gasteiger partial charge >= 0.3 is 12.1 Å². The normalized spacial score (nSPS) is 19.7. The lowest BCUT2D eigenvalue weighted by Gasteiger charge is -2.16. The van der Waals surface area contributed by atoms with Gasteiger partial charge in [0, 0.05) is 18.9 Å². The van der Waals surface area contributed by atoms with E-state index in [2.05, 4.69) is 35.1 Å². The number of nitrogens with one attached hydrogen (secondary N) is 2. The van der Waals surface area contributed by atoms with Crippen molar-refractivity contribution in [2.45, 2.75) is 44.6 Å². The molecule has 0 aromatic heterocycles. The van der Waals surface area contributed by atoms with Crippen molar-refractivity contribution in [3.05, 3.63) is 59.7 Å². The third-order valence-electron chi connectivity index (χ3n) is 6.70. The molecular weight excluding hydrogens is 436 g/mol. The van der Waals surface area contributed by atoms with Gasteiger partial charge in [-0.15, -0.1) is 0 Å². The van der Waals surface area contributed by atoms with Crippen LogP contribution in [0.4, 0.5) is 4.79 Å². The fourth-order valence-corrected chi connectivity index (χ4v) is 4.93. The number of hydroxylamine groups is 1. The number of benzene rings is 2. The largest absolute Gasteiger partial charge is 0.479 e. The van der Waals surface area contributed by atoms with Crippen LogP contribution in [0.5, 0.6) is 0 Å². The smallest absolute Gasteiger partial charge is 0.407 e. The minimum absolute atomic E-state index is 0.0265. The highest BCUT2D eigenvalue weighted by atomic mass is 16.7. The van der Waals surface area contributed by atoms with Gasteiger partial charge in [-0.2, -0.15) is 0 Å². The molecule has 1 saturated carbocycles. The van der Waals surface area contributed by atoms with E-state index in [1.165, 1.54) is 29.2 Å². The van der Waals surface area contributed by atoms with Crippen LogP contribution in [0, 0.1) is 11.8 Å². The zero-order chi connectivity index (χ0) is 24.1. The summed E-state index contributed by atoms with van der Waals surface area (Å²) >= 11 is 0. The van der Waals surface area contributed by atoms with Crippen LogP contribution in [0.15, 0.2) is 48.5 Å². The molecule has 0 spiro atoms. The molecule has 0 saturated heterocycles. The number of hydrogen-bond donors (Lipinski definition) is 3. The van der Waals surface area contributed by atoms with E-state index in [0.29, 0.717) is 6.54 Å². The van der Waals surface area contributed by atoms with E-state index in [-0.39, 0.29) is 36.7 Å². The van der Waals surface area contributed by atoms with Crippen LogP contribution in [0.1, 0.15) is 49.7 Å². The Kier molecular flexibility index (Phi) is 7.47. The van der Waals surface area contributed by atoms with Gasteiger partial charge < -0.3 is 15.2 Å². The molecule has 8 nitrogen and oxygen atoms in total. The Balaban J connectivity index is 1.19. The summed E-state index contributed by atoms with van der Waals surface area (Å²) in [5.41, 5.74) is 6.94. The predicted molar refractivity (Wildman–Crippen MR) is 125 cm³/mol. The summed E-state index contributed by atoms with van der Waals surface area (Å²) in [6, 6.07) is 16.4. The van der Waals surface area contributed by atoms with Crippen LogP contribution in [0.25, 0.3) is 11.1 Å². The van der Waals surface area contributed by atoms with Crippen molar-refractivity contribution >= 4 is 18.0 Å². The molecule has 1 fully saturated rings. The van der Waals surface area contributed by atoms with Crippen molar-refractivity contribution in [2.75, 3.05) is 13.2 Å². The third kappa shape index (κ3) is 5.56. The van der Waals surface area contributed by atoms with Crippen molar-refractivity contribution in [1.29, 1.82) is 0 Å². The molecular formula is C26H30N2O6. The first-order chi connectivity index (χ1) is 16.4. The molecule has 2 aliphatic carbocycles. The quantitative estimate of drug-likeness (QED) is 0.484. The van der Waals surface area contributed by atoms with Gasteiger partial charge in [-0.3, -0.25) is 9.63 Å². The number of ether oxygens (including phenoxy) is 1.